The Hall–Kier alpha value is -3.35. The van der Waals surface area contributed by atoms with Crippen LogP contribution >= 0.6 is 0 Å². The van der Waals surface area contributed by atoms with Gasteiger partial charge in [-0.25, -0.2) is 0 Å². The molecule has 25 heavy (non-hydrogen) atoms. The molecule has 1 aliphatic carbocycles. The van der Waals surface area contributed by atoms with Crippen molar-refractivity contribution < 1.29 is 28.2 Å². The topological polar surface area (TPSA) is 92.0 Å². The van der Waals surface area contributed by atoms with E-state index in [9.17, 15) is 14.4 Å². The molecule has 1 heterocycles. The fraction of sp³-hybridized carbons (Fsp3) is 0.167. The van der Waals surface area contributed by atoms with Crippen molar-refractivity contribution >= 4 is 11.6 Å². The van der Waals surface area contributed by atoms with Crippen LogP contribution in [0.3, 0.4) is 0 Å². The zero-order valence-electron chi connectivity index (χ0n) is 13.7. The highest BCUT2D eigenvalue weighted by Crippen LogP contribution is 2.36. The van der Waals surface area contributed by atoms with Crippen molar-refractivity contribution in [1.29, 1.82) is 0 Å². The molecule has 7 heteroatoms. The number of rotatable bonds is 4. The quantitative estimate of drug-likeness (QED) is 0.841. The molecule has 0 N–H and O–H groups in total. The second-order valence-electron chi connectivity index (χ2n) is 5.18. The predicted molar refractivity (Wildman–Crippen MR) is 87.3 cm³/mol. The molecule has 0 atom stereocenters. The molecule has 1 aromatic carbocycles. The second kappa shape index (κ2) is 6.27. The third-order valence-corrected chi connectivity index (χ3v) is 3.77. The maximum atomic E-state index is 12.4. The minimum absolute atomic E-state index is 0.0197. The summed E-state index contributed by atoms with van der Waals surface area (Å²) in [5, 5.41) is 0. The lowest BCUT2D eigenvalue weighted by Gasteiger charge is -2.17. The van der Waals surface area contributed by atoms with E-state index in [1.807, 2.05) is 0 Å². The highest BCUT2D eigenvalue weighted by atomic mass is 16.6. The molecule has 1 aliphatic rings. The molecule has 0 saturated carbocycles. The van der Waals surface area contributed by atoms with Gasteiger partial charge in [-0.15, -0.1) is 0 Å². The number of hydrogen-bond donors (Lipinski definition) is 0. The Bertz CT molecular complexity index is 966. The fourth-order valence-electron chi connectivity index (χ4n) is 2.57. The van der Waals surface area contributed by atoms with Gasteiger partial charge in [-0.2, -0.15) is 0 Å². The monoisotopic (exact) mass is 342 g/mol. The molecule has 2 aromatic rings. The first kappa shape index (κ1) is 16.5. The maximum Gasteiger partial charge on any atom is 0.288 e. The van der Waals surface area contributed by atoms with E-state index in [4.69, 9.17) is 18.6 Å². The Kier molecular flexibility index (Phi) is 4.14. The average Bonchev–Trinajstić information content (AvgIpc) is 2.62. The van der Waals surface area contributed by atoms with Crippen LogP contribution in [0.5, 0.6) is 11.7 Å². The van der Waals surface area contributed by atoms with Crippen LogP contribution in [-0.4, -0.2) is 32.9 Å². The van der Waals surface area contributed by atoms with Gasteiger partial charge in [-0.3, -0.25) is 14.4 Å². The standard InChI is InChI=1S/C18H14O7/c1-22-14-7-11-10(13(20)8-16(23-2)18(11)21)6-12(14)15-4-9(19)5-17(24-3)25-15/h4-8H,1-3H3. The van der Waals surface area contributed by atoms with Crippen LogP contribution in [-0.2, 0) is 4.74 Å². The van der Waals surface area contributed by atoms with E-state index in [1.165, 1.54) is 45.6 Å². The molecule has 0 radical (unpaired) electrons. The number of hydrogen-bond acceptors (Lipinski definition) is 7. The fourth-order valence-corrected chi connectivity index (χ4v) is 2.57. The highest BCUT2D eigenvalue weighted by Gasteiger charge is 2.29. The minimum Gasteiger partial charge on any atom is -0.496 e. The van der Waals surface area contributed by atoms with Gasteiger partial charge >= 0.3 is 0 Å². The van der Waals surface area contributed by atoms with Gasteiger partial charge in [-0.1, -0.05) is 0 Å². The van der Waals surface area contributed by atoms with Crippen LogP contribution in [0, 0.1) is 0 Å². The number of Topliss-reactive ketones (excluding diaryl/α,β-unsaturated/α-hetero) is 1. The summed E-state index contributed by atoms with van der Waals surface area (Å²) in [6.07, 6.45) is 1.13. The lowest BCUT2D eigenvalue weighted by Crippen LogP contribution is -2.18. The van der Waals surface area contributed by atoms with Crippen molar-refractivity contribution in [2.75, 3.05) is 21.3 Å². The van der Waals surface area contributed by atoms with Gasteiger partial charge in [0.15, 0.2) is 17.0 Å². The van der Waals surface area contributed by atoms with Crippen LogP contribution in [0.4, 0.5) is 0 Å². The van der Waals surface area contributed by atoms with Crippen molar-refractivity contribution in [3.63, 3.8) is 0 Å². The third-order valence-electron chi connectivity index (χ3n) is 3.77. The number of benzene rings is 1. The Morgan fingerprint density at radius 1 is 0.800 bits per heavy atom. The number of ether oxygens (including phenoxy) is 3. The van der Waals surface area contributed by atoms with E-state index < -0.39 is 5.78 Å². The predicted octanol–water partition coefficient (Wildman–Crippen LogP) is 2.23. The molecule has 0 amide bonds. The van der Waals surface area contributed by atoms with Gasteiger partial charge in [0.1, 0.15) is 11.5 Å². The van der Waals surface area contributed by atoms with E-state index in [0.29, 0.717) is 5.56 Å². The number of ketones is 2. The average molecular weight is 342 g/mol. The van der Waals surface area contributed by atoms with Gasteiger partial charge in [0.25, 0.3) is 5.95 Å². The van der Waals surface area contributed by atoms with E-state index in [1.54, 1.807) is 0 Å². The summed E-state index contributed by atoms with van der Waals surface area (Å²) in [6.45, 7) is 0. The molecule has 0 saturated heterocycles. The largest absolute Gasteiger partial charge is 0.496 e. The smallest absolute Gasteiger partial charge is 0.288 e. The number of carbonyl (C=O) groups excluding carboxylic acids is 2. The summed E-state index contributed by atoms with van der Waals surface area (Å²) in [5.41, 5.74) is 0.358. The highest BCUT2D eigenvalue weighted by molar-refractivity contribution is 6.24. The summed E-state index contributed by atoms with van der Waals surface area (Å²) < 4.78 is 20.7. The molecule has 0 unspecified atom stereocenters. The van der Waals surface area contributed by atoms with Crippen LogP contribution in [0.1, 0.15) is 20.7 Å². The molecule has 0 aliphatic heterocycles. The summed E-state index contributed by atoms with van der Waals surface area (Å²) in [6, 6.07) is 5.32. The number of fused-ring (bicyclic) bond motifs is 1. The molecule has 0 fully saturated rings. The molecule has 0 spiro atoms. The lowest BCUT2D eigenvalue weighted by atomic mass is 9.90. The van der Waals surface area contributed by atoms with Crippen LogP contribution < -0.4 is 14.9 Å². The first-order chi connectivity index (χ1) is 12.0. The van der Waals surface area contributed by atoms with Crippen molar-refractivity contribution in [1.82, 2.24) is 0 Å². The van der Waals surface area contributed by atoms with E-state index in [2.05, 4.69) is 0 Å². The van der Waals surface area contributed by atoms with E-state index in [-0.39, 0.29) is 45.6 Å². The molecule has 0 bridgehead atoms. The zero-order chi connectivity index (χ0) is 18.1. The molecular formula is C18H14O7. The Labute approximate surface area is 142 Å². The number of methoxy groups -OCH3 is 3. The van der Waals surface area contributed by atoms with Crippen molar-refractivity contribution in [3.8, 4) is 23.0 Å². The second-order valence-corrected chi connectivity index (χ2v) is 5.18. The van der Waals surface area contributed by atoms with Gasteiger partial charge in [0, 0.05) is 23.3 Å². The molecule has 7 nitrogen and oxygen atoms in total. The maximum absolute atomic E-state index is 12.4. The van der Waals surface area contributed by atoms with Crippen molar-refractivity contribution in [2.24, 2.45) is 0 Å². The summed E-state index contributed by atoms with van der Waals surface area (Å²) in [4.78, 5) is 36.5. The van der Waals surface area contributed by atoms with E-state index >= 15 is 0 Å². The first-order valence-electron chi connectivity index (χ1n) is 7.24. The minimum atomic E-state index is -0.422. The first-order valence-corrected chi connectivity index (χ1v) is 7.24. The van der Waals surface area contributed by atoms with Gasteiger partial charge < -0.3 is 18.6 Å². The summed E-state index contributed by atoms with van der Waals surface area (Å²) in [7, 11) is 4.09. The Morgan fingerprint density at radius 3 is 2.20 bits per heavy atom. The van der Waals surface area contributed by atoms with Crippen LogP contribution in [0.25, 0.3) is 11.3 Å². The summed E-state index contributed by atoms with van der Waals surface area (Å²) >= 11 is 0. The van der Waals surface area contributed by atoms with Gasteiger partial charge in [0.2, 0.25) is 5.78 Å². The van der Waals surface area contributed by atoms with Crippen molar-refractivity contribution in [2.45, 2.75) is 0 Å². The molecule has 3 rings (SSSR count). The number of carbonyl (C=O) groups is 2. The van der Waals surface area contributed by atoms with Gasteiger partial charge in [0.05, 0.1) is 33.0 Å². The van der Waals surface area contributed by atoms with Crippen LogP contribution in [0.15, 0.2) is 45.3 Å². The molecular weight excluding hydrogens is 328 g/mol. The normalized spacial score (nSPS) is 13.2. The summed E-state index contributed by atoms with van der Waals surface area (Å²) in [5.74, 6) is -0.402. The van der Waals surface area contributed by atoms with Gasteiger partial charge in [-0.05, 0) is 12.1 Å². The van der Waals surface area contributed by atoms with Crippen molar-refractivity contribution in [3.05, 3.63) is 57.5 Å². The Morgan fingerprint density at radius 2 is 1.56 bits per heavy atom. The SMILES string of the molecule is COC1=CC(=O)c2cc(-c3cc(=O)cc(OC)o3)c(OC)cc2C1=O. The zero-order valence-corrected chi connectivity index (χ0v) is 13.7. The number of allylic oxidation sites excluding steroid dienone is 2. The third kappa shape index (κ3) is 2.80. The molecule has 128 valence electrons. The van der Waals surface area contributed by atoms with Crippen LogP contribution in [0.2, 0.25) is 0 Å². The molecule has 1 aromatic heterocycles. The lowest BCUT2D eigenvalue weighted by molar-refractivity contribution is 0.0916. The van der Waals surface area contributed by atoms with E-state index in [0.717, 1.165) is 6.08 Å². The Balaban J connectivity index is 2.24.